The van der Waals surface area contributed by atoms with Crippen LogP contribution in [0.2, 0.25) is 0 Å². The van der Waals surface area contributed by atoms with Gasteiger partial charge in [0.15, 0.2) is 5.82 Å². The van der Waals surface area contributed by atoms with E-state index < -0.39 is 0 Å². The fraction of sp³-hybridized carbons (Fsp3) is 0.429. The number of aromatic nitrogens is 3. The molecule has 20 heavy (non-hydrogen) atoms. The molecule has 1 fully saturated rings. The fourth-order valence-corrected chi connectivity index (χ4v) is 3.07. The van der Waals surface area contributed by atoms with Crippen LogP contribution in [0, 0.1) is 10.5 Å². The van der Waals surface area contributed by atoms with Crippen molar-refractivity contribution < 1.29 is 0 Å². The van der Waals surface area contributed by atoms with Crippen molar-refractivity contribution in [2.45, 2.75) is 19.9 Å². The zero-order valence-electron chi connectivity index (χ0n) is 11.7. The van der Waals surface area contributed by atoms with Gasteiger partial charge in [0.1, 0.15) is 0 Å². The molecule has 1 aliphatic heterocycles. The Morgan fingerprint density at radius 1 is 1.40 bits per heavy atom. The number of halogens is 1. The first kappa shape index (κ1) is 13.8. The lowest BCUT2D eigenvalue weighted by molar-refractivity contribution is 0.480. The Balaban J connectivity index is 1.88. The van der Waals surface area contributed by atoms with E-state index in [4.69, 9.17) is 0 Å². The molecule has 0 aliphatic carbocycles. The summed E-state index contributed by atoms with van der Waals surface area (Å²) in [5.41, 5.74) is 2.38. The smallest absolute Gasteiger partial charge is 0.245 e. The Morgan fingerprint density at radius 3 is 3.05 bits per heavy atom. The molecule has 1 atom stereocenters. The minimum Gasteiger partial charge on any atom is -0.337 e. The number of aryl methyl sites for hydroxylation is 1. The van der Waals surface area contributed by atoms with Gasteiger partial charge in [0.25, 0.3) is 0 Å². The first-order valence-electron chi connectivity index (χ1n) is 6.81. The lowest BCUT2D eigenvalue weighted by Gasteiger charge is -2.30. The lowest BCUT2D eigenvalue weighted by Crippen LogP contribution is -2.49. The third kappa shape index (κ3) is 2.67. The van der Waals surface area contributed by atoms with Crippen LogP contribution in [0.25, 0.3) is 11.4 Å². The number of piperazine rings is 1. The number of benzene rings is 1. The average molecular weight is 383 g/mol. The van der Waals surface area contributed by atoms with E-state index in [9.17, 15) is 0 Å². The summed E-state index contributed by atoms with van der Waals surface area (Å²) in [5, 5.41) is 10.9. The summed E-state index contributed by atoms with van der Waals surface area (Å²) in [6, 6.07) is 6.73. The molecule has 0 unspecified atom stereocenters. The van der Waals surface area contributed by atoms with Crippen molar-refractivity contribution in [2.75, 3.05) is 24.5 Å². The van der Waals surface area contributed by atoms with Gasteiger partial charge >= 0.3 is 0 Å². The van der Waals surface area contributed by atoms with Crippen LogP contribution < -0.4 is 10.2 Å². The van der Waals surface area contributed by atoms with E-state index in [1.165, 1.54) is 9.13 Å². The molecule has 1 aromatic heterocycles. The topological polar surface area (TPSA) is 56.8 Å². The molecule has 106 valence electrons. The molecule has 1 saturated heterocycles. The van der Waals surface area contributed by atoms with Gasteiger partial charge in [-0.05, 0) is 42.0 Å². The first-order valence-corrected chi connectivity index (χ1v) is 7.89. The van der Waals surface area contributed by atoms with Crippen LogP contribution in [0.3, 0.4) is 0 Å². The minimum atomic E-state index is 0.477. The van der Waals surface area contributed by atoms with Gasteiger partial charge < -0.3 is 10.2 Å². The molecule has 6 heteroatoms. The number of nitrogens with one attached hydrogen (secondary N) is 2. The first-order chi connectivity index (χ1) is 9.65. The Hall–Kier alpha value is -1.15. The molecule has 2 heterocycles. The number of H-pyrrole nitrogens is 1. The number of aromatic amines is 1. The van der Waals surface area contributed by atoms with E-state index in [1.807, 2.05) is 0 Å². The third-order valence-electron chi connectivity index (χ3n) is 3.57. The van der Waals surface area contributed by atoms with E-state index in [2.05, 4.69) is 80.0 Å². The SMILES string of the molecule is Cc1cccc(-c2nc(N3CCN[C@H](C)C3)n[nH]2)c1I. The number of anilines is 1. The van der Waals surface area contributed by atoms with E-state index in [1.54, 1.807) is 0 Å². The second-order valence-corrected chi connectivity index (χ2v) is 6.30. The zero-order chi connectivity index (χ0) is 14.1. The van der Waals surface area contributed by atoms with E-state index in [0.29, 0.717) is 6.04 Å². The van der Waals surface area contributed by atoms with Crippen molar-refractivity contribution in [3.63, 3.8) is 0 Å². The van der Waals surface area contributed by atoms with E-state index >= 15 is 0 Å². The quantitative estimate of drug-likeness (QED) is 0.781. The third-order valence-corrected chi connectivity index (χ3v) is 5.00. The largest absolute Gasteiger partial charge is 0.337 e. The zero-order valence-corrected chi connectivity index (χ0v) is 13.8. The highest BCUT2D eigenvalue weighted by Crippen LogP contribution is 2.26. The molecule has 0 spiro atoms. The minimum absolute atomic E-state index is 0.477. The average Bonchev–Trinajstić information content (AvgIpc) is 2.91. The predicted molar refractivity (Wildman–Crippen MR) is 89.0 cm³/mol. The van der Waals surface area contributed by atoms with Crippen LogP contribution in [0.15, 0.2) is 18.2 Å². The Morgan fingerprint density at radius 2 is 2.25 bits per heavy atom. The Bertz CT molecular complexity index is 609. The summed E-state index contributed by atoms with van der Waals surface area (Å²) in [4.78, 5) is 6.89. The van der Waals surface area contributed by atoms with Crippen LogP contribution in [0.1, 0.15) is 12.5 Å². The van der Waals surface area contributed by atoms with Crippen molar-refractivity contribution in [2.24, 2.45) is 0 Å². The Labute approximate surface area is 132 Å². The van der Waals surface area contributed by atoms with Gasteiger partial charge in [0.05, 0.1) is 0 Å². The maximum Gasteiger partial charge on any atom is 0.245 e. The van der Waals surface area contributed by atoms with Crippen molar-refractivity contribution in [1.82, 2.24) is 20.5 Å². The maximum atomic E-state index is 4.67. The fourth-order valence-electron chi connectivity index (χ4n) is 2.46. The van der Waals surface area contributed by atoms with Gasteiger partial charge in [-0.15, -0.1) is 5.10 Å². The molecule has 2 aromatic rings. The highest BCUT2D eigenvalue weighted by molar-refractivity contribution is 14.1. The standard InChI is InChI=1S/C14H18IN5/c1-9-4-3-5-11(12(9)15)13-17-14(19-18-13)20-7-6-16-10(2)8-20/h3-5,10,16H,6-8H2,1-2H3,(H,17,18,19)/t10-/m1/s1. The molecule has 1 aromatic carbocycles. The predicted octanol–water partition coefficient (Wildman–Crippen LogP) is 2.18. The van der Waals surface area contributed by atoms with Gasteiger partial charge in [-0.25, -0.2) is 0 Å². The highest BCUT2D eigenvalue weighted by atomic mass is 127. The molecular weight excluding hydrogens is 365 g/mol. The van der Waals surface area contributed by atoms with Crippen LogP contribution >= 0.6 is 22.6 Å². The number of hydrogen-bond donors (Lipinski definition) is 2. The second-order valence-electron chi connectivity index (χ2n) is 5.22. The molecule has 3 rings (SSSR count). The van der Waals surface area contributed by atoms with E-state index in [-0.39, 0.29) is 0 Å². The maximum absolute atomic E-state index is 4.67. The normalized spacial score (nSPS) is 19.4. The highest BCUT2D eigenvalue weighted by Gasteiger charge is 2.20. The van der Waals surface area contributed by atoms with Gasteiger partial charge in [0.2, 0.25) is 5.95 Å². The molecule has 0 bridgehead atoms. The summed E-state index contributed by atoms with van der Waals surface area (Å²) in [7, 11) is 0. The van der Waals surface area contributed by atoms with Crippen LogP contribution in [-0.4, -0.2) is 40.9 Å². The van der Waals surface area contributed by atoms with Crippen molar-refractivity contribution in [1.29, 1.82) is 0 Å². The van der Waals surface area contributed by atoms with Gasteiger partial charge in [0, 0.05) is 34.8 Å². The molecule has 0 saturated carbocycles. The van der Waals surface area contributed by atoms with Crippen LogP contribution in [0.4, 0.5) is 5.95 Å². The molecule has 5 nitrogen and oxygen atoms in total. The van der Waals surface area contributed by atoms with Crippen molar-refractivity contribution in [3.8, 4) is 11.4 Å². The second kappa shape index (κ2) is 5.69. The van der Waals surface area contributed by atoms with E-state index in [0.717, 1.165) is 37.0 Å². The van der Waals surface area contributed by atoms with Crippen LogP contribution in [0.5, 0.6) is 0 Å². The summed E-state index contributed by atoms with van der Waals surface area (Å²) in [5.74, 6) is 1.64. The number of nitrogens with zero attached hydrogens (tertiary/aromatic N) is 3. The molecular formula is C14H18IN5. The van der Waals surface area contributed by atoms with Gasteiger partial charge in [-0.1, -0.05) is 18.2 Å². The Kier molecular flexibility index (Phi) is 3.93. The summed E-state index contributed by atoms with van der Waals surface area (Å²) < 4.78 is 1.22. The number of rotatable bonds is 2. The monoisotopic (exact) mass is 383 g/mol. The van der Waals surface area contributed by atoms with Crippen molar-refractivity contribution >= 4 is 28.5 Å². The van der Waals surface area contributed by atoms with Crippen molar-refractivity contribution in [3.05, 3.63) is 27.3 Å². The number of hydrogen-bond acceptors (Lipinski definition) is 4. The molecule has 0 amide bonds. The van der Waals surface area contributed by atoms with Gasteiger partial charge in [-0.2, -0.15) is 4.98 Å². The summed E-state index contributed by atoms with van der Waals surface area (Å²) >= 11 is 2.36. The van der Waals surface area contributed by atoms with Crippen LogP contribution in [-0.2, 0) is 0 Å². The van der Waals surface area contributed by atoms with Gasteiger partial charge in [-0.3, -0.25) is 5.10 Å². The molecule has 0 radical (unpaired) electrons. The molecule has 2 N–H and O–H groups in total. The lowest BCUT2D eigenvalue weighted by atomic mass is 10.1. The summed E-state index contributed by atoms with van der Waals surface area (Å²) in [6.07, 6.45) is 0. The molecule has 1 aliphatic rings. The summed E-state index contributed by atoms with van der Waals surface area (Å²) in [6.45, 7) is 7.17.